The van der Waals surface area contributed by atoms with Gasteiger partial charge in [-0.25, -0.2) is 0 Å². The summed E-state index contributed by atoms with van der Waals surface area (Å²) in [7, 11) is 1.49. The fourth-order valence-corrected chi connectivity index (χ4v) is 2.69. The molecule has 0 fully saturated rings. The molecular formula is C18H17F3O3. The van der Waals surface area contributed by atoms with E-state index in [-0.39, 0.29) is 12.0 Å². The summed E-state index contributed by atoms with van der Waals surface area (Å²) in [5.41, 5.74) is 0.293. The van der Waals surface area contributed by atoms with E-state index in [1.807, 2.05) is 0 Å². The number of methoxy groups -OCH3 is 1. The van der Waals surface area contributed by atoms with Crippen molar-refractivity contribution in [3.8, 4) is 5.75 Å². The molecule has 0 spiro atoms. The molecule has 2 aromatic carbocycles. The second-order valence-electron chi connectivity index (χ2n) is 5.47. The molecule has 0 radical (unpaired) electrons. The number of carboxylic acids is 1. The third-order valence-corrected chi connectivity index (χ3v) is 3.90. The van der Waals surface area contributed by atoms with Crippen molar-refractivity contribution in [1.82, 2.24) is 0 Å². The monoisotopic (exact) mass is 338 g/mol. The minimum atomic E-state index is -4.52. The third-order valence-electron chi connectivity index (χ3n) is 3.90. The van der Waals surface area contributed by atoms with E-state index in [0.717, 1.165) is 6.07 Å². The Labute approximate surface area is 137 Å². The van der Waals surface area contributed by atoms with Crippen molar-refractivity contribution < 1.29 is 27.8 Å². The summed E-state index contributed by atoms with van der Waals surface area (Å²) in [4.78, 5) is 11.7. The first-order chi connectivity index (χ1) is 11.2. The molecule has 0 heterocycles. The summed E-state index contributed by atoms with van der Waals surface area (Å²) in [6.45, 7) is 1.71. The fourth-order valence-electron chi connectivity index (χ4n) is 2.69. The molecule has 0 saturated carbocycles. The van der Waals surface area contributed by atoms with E-state index in [9.17, 15) is 23.1 Å². The van der Waals surface area contributed by atoms with E-state index >= 15 is 0 Å². The normalized spacial score (nSPS) is 12.7. The average molecular weight is 338 g/mol. The lowest BCUT2D eigenvalue weighted by atomic mass is 9.87. The van der Waals surface area contributed by atoms with Crippen molar-refractivity contribution in [2.45, 2.75) is 25.4 Å². The molecule has 3 nitrogen and oxygen atoms in total. The molecule has 2 aromatic rings. The molecule has 1 unspecified atom stereocenters. The summed E-state index contributed by atoms with van der Waals surface area (Å²) in [6, 6.07) is 9.91. The topological polar surface area (TPSA) is 46.5 Å². The second kappa shape index (κ2) is 6.95. The van der Waals surface area contributed by atoms with Gasteiger partial charge in [-0.1, -0.05) is 24.3 Å². The molecular weight excluding hydrogens is 321 g/mol. The molecule has 0 aromatic heterocycles. The van der Waals surface area contributed by atoms with Crippen LogP contribution in [-0.4, -0.2) is 18.2 Å². The van der Waals surface area contributed by atoms with E-state index in [1.165, 1.54) is 25.3 Å². The molecule has 0 saturated heterocycles. The van der Waals surface area contributed by atoms with E-state index in [2.05, 4.69) is 0 Å². The number of alkyl halides is 3. The van der Waals surface area contributed by atoms with Crippen LogP contribution in [0.1, 0.15) is 28.2 Å². The predicted molar refractivity (Wildman–Crippen MR) is 83.3 cm³/mol. The Hall–Kier alpha value is -2.50. The van der Waals surface area contributed by atoms with Gasteiger partial charge in [0.05, 0.1) is 18.6 Å². The first-order valence-electron chi connectivity index (χ1n) is 7.26. The van der Waals surface area contributed by atoms with Crippen molar-refractivity contribution in [2.24, 2.45) is 0 Å². The van der Waals surface area contributed by atoms with E-state index in [4.69, 9.17) is 4.74 Å². The van der Waals surface area contributed by atoms with Crippen LogP contribution in [0, 0.1) is 6.92 Å². The molecule has 24 heavy (non-hydrogen) atoms. The summed E-state index contributed by atoms with van der Waals surface area (Å²) >= 11 is 0. The highest BCUT2D eigenvalue weighted by Crippen LogP contribution is 2.35. The number of carboxylic acid groups (broad SMARTS) is 1. The average Bonchev–Trinajstić information content (AvgIpc) is 2.52. The lowest BCUT2D eigenvalue weighted by Gasteiger charge is -2.19. The molecule has 0 aliphatic heterocycles. The third kappa shape index (κ3) is 3.88. The highest BCUT2D eigenvalue weighted by molar-refractivity contribution is 5.77. The minimum absolute atomic E-state index is 0.0346. The van der Waals surface area contributed by atoms with Gasteiger partial charge in [0.2, 0.25) is 0 Å². The van der Waals surface area contributed by atoms with Crippen molar-refractivity contribution in [3.63, 3.8) is 0 Å². The van der Waals surface area contributed by atoms with Crippen LogP contribution in [0.15, 0.2) is 42.5 Å². The summed E-state index contributed by atoms with van der Waals surface area (Å²) in [5.74, 6) is -1.67. The van der Waals surface area contributed by atoms with Gasteiger partial charge in [0.15, 0.2) is 0 Å². The zero-order valence-corrected chi connectivity index (χ0v) is 13.2. The van der Waals surface area contributed by atoms with Crippen LogP contribution in [0.25, 0.3) is 0 Å². The summed E-state index contributed by atoms with van der Waals surface area (Å²) < 4.78 is 44.4. The molecule has 0 bridgehead atoms. The van der Waals surface area contributed by atoms with Crippen LogP contribution in [0.3, 0.4) is 0 Å². The molecule has 0 aliphatic carbocycles. The minimum Gasteiger partial charge on any atom is -0.497 e. The zero-order valence-electron chi connectivity index (χ0n) is 13.2. The van der Waals surface area contributed by atoms with Gasteiger partial charge in [-0.3, -0.25) is 4.79 Å². The van der Waals surface area contributed by atoms with Gasteiger partial charge in [-0.05, 0) is 48.2 Å². The summed E-state index contributed by atoms with van der Waals surface area (Å²) in [6.07, 6.45) is -4.76. The Morgan fingerprint density at radius 1 is 1.21 bits per heavy atom. The quantitative estimate of drug-likeness (QED) is 0.877. The molecule has 0 amide bonds. The number of ether oxygens (including phenoxy) is 1. The molecule has 6 heteroatoms. The van der Waals surface area contributed by atoms with Crippen LogP contribution in [0.2, 0.25) is 0 Å². The van der Waals surface area contributed by atoms with Crippen LogP contribution in [0.4, 0.5) is 13.2 Å². The Morgan fingerprint density at radius 3 is 2.42 bits per heavy atom. The Balaban J connectivity index is 2.43. The number of hydrogen-bond donors (Lipinski definition) is 1. The van der Waals surface area contributed by atoms with Gasteiger partial charge in [-0.15, -0.1) is 0 Å². The number of rotatable bonds is 5. The molecule has 0 aliphatic rings. The van der Waals surface area contributed by atoms with Gasteiger partial charge >= 0.3 is 12.1 Å². The molecule has 128 valence electrons. The highest BCUT2D eigenvalue weighted by atomic mass is 19.4. The van der Waals surface area contributed by atoms with Gasteiger partial charge < -0.3 is 9.84 Å². The molecule has 2 rings (SSSR count). The zero-order chi connectivity index (χ0) is 17.9. The van der Waals surface area contributed by atoms with Gasteiger partial charge in [0.1, 0.15) is 5.75 Å². The van der Waals surface area contributed by atoms with Crippen molar-refractivity contribution in [3.05, 3.63) is 64.7 Å². The van der Waals surface area contributed by atoms with Gasteiger partial charge in [-0.2, -0.15) is 13.2 Å². The maximum Gasteiger partial charge on any atom is 0.416 e. The van der Waals surface area contributed by atoms with Crippen LogP contribution < -0.4 is 4.74 Å². The maximum absolute atomic E-state index is 13.1. The van der Waals surface area contributed by atoms with Crippen molar-refractivity contribution in [2.75, 3.05) is 7.11 Å². The highest BCUT2D eigenvalue weighted by Gasteiger charge is 2.34. The molecule has 1 atom stereocenters. The maximum atomic E-state index is 13.1. The fraction of sp³-hybridized carbons (Fsp3) is 0.278. The number of aryl methyl sites for hydroxylation is 1. The number of benzene rings is 2. The number of hydrogen-bond acceptors (Lipinski definition) is 2. The first-order valence-corrected chi connectivity index (χ1v) is 7.26. The van der Waals surface area contributed by atoms with Crippen LogP contribution >= 0.6 is 0 Å². The smallest absolute Gasteiger partial charge is 0.416 e. The van der Waals surface area contributed by atoms with E-state index in [1.54, 1.807) is 25.1 Å². The Bertz CT molecular complexity index is 739. The second-order valence-corrected chi connectivity index (χ2v) is 5.47. The largest absolute Gasteiger partial charge is 0.497 e. The number of halogens is 3. The van der Waals surface area contributed by atoms with E-state index in [0.29, 0.717) is 16.9 Å². The number of carbonyl (C=O) groups is 1. The van der Waals surface area contributed by atoms with Crippen LogP contribution in [-0.2, 0) is 17.4 Å². The first kappa shape index (κ1) is 17.8. The lowest BCUT2D eigenvalue weighted by Crippen LogP contribution is -2.18. The van der Waals surface area contributed by atoms with Crippen molar-refractivity contribution >= 4 is 5.97 Å². The van der Waals surface area contributed by atoms with E-state index < -0.39 is 23.6 Å². The molecule has 1 N–H and O–H groups in total. The summed E-state index contributed by atoms with van der Waals surface area (Å²) in [5, 5.41) is 9.52. The predicted octanol–water partition coefficient (Wildman–Crippen LogP) is 4.43. The van der Waals surface area contributed by atoms with Crippen LogP contribution in [0.5, 0.6) is 5.75 Å². The number of aliphatic carboxylic acids is 1. The Morgan fingerprint density at radius 2 is 1.88 bits per heavy atom. The van der Waals surface area contributed by atoms with Gasteiger partial charge in [0, 0.05) is 0 Å². The van der Waals surface area contributed by atoms with Gasteiger partial charge in [0.25, 0.3) is 0 Å². The van der Waals surface area contributed by atoms with Crippen molar-refractivity contribution in [1.29, 1.82) is 0 Å². The lowest BCUT2D eigenvalue weighted by molar-refractivity contribution is -0.141. The Kier molecular flexibility index (Phi) is 5.17. The SMILES string of the molecule is COc1ccc(C(Cc2ccccc2C(F)(F)F)C(=O)O)c(C)c1. The standard InChI is InChI=1S/C18H17F3O3/c1-11-9-13(24-2)7-8-14(11)15(17(22)23)10-12-5-3-4-6-16(12)18(19,20)21/h3-9,15H,10H2,1-2H3,(H,22,23).